The summed E-state index contributed by atoms with van der Waals surface area (Å²) >= 11 is 4.91. The van der Waals surface area contributed by atoms with Crippen LogP contribution in [-0.2, 0) is 11.0 Å². The van der Waals surface area contributed by atoms with Crippen molar-refractivity contribution in [2.75, 3.05) is 5.32 Å². The fourth-order valence-electron chi connectivity index (χ4n) is 1.24. The van der Waals surface area contributed by atoms with Crippen LogP contribution in [0.3, 0.4) is 0 Å². The lowest BCUT2D eigenvalue weighted by atomic mass is 10.3. The van der Waals surface area contributed by atoms with Gasteiger partial charge in [-0.05, 0) is 12.1 Å². The number of anilines is 1. The Bertz CT molecular complexity index is 641. The number of nitrogens with zero attached hydrogens (tertiary/aromatic N) is 3. The molecular formula is C10H5ClF4N4O2. The first kappa shape index (κ1) is 15.2. The zero-order valence-corrected chi connectivity index (χ0v) is 10.6. The summed E-state index contributed by atoms with van der Waals surface area (Å²) in [7, 11) is 0. The number of rotatable bonds is 3. The largest absolute Gasteiger partial charge is 0.471 e. The molecular weight excluding hydrogens is 320 g/mol. The van der Waals surface area contributed by atoms with Crippen molar-refractivity contribution >= 4 is 23.2 Å². The lowest BCUT2D eigenvalue weighted by Gasteiger charge is -2.04. The molecule has 0 aliphatic rings. The van der Waals surface area contributed by atoms with Gasteiger partial charge in [-0.15, -0.1) is 0 Å². The molecule has 6 nitrogen and oxygen atoms in total. The minimum Gasteiger partial charge on any atom is -0.329 e. The van der Waals surface area contributed by atoms with Gasteiger partial charge in [0.1, 0.15) is 5.69 Å². The molecule has 1 N–H and O–H groups in total. The zero-order valence-electron chi connectivity index (χ0n) is 9.86. The van der Waals surface area contributed by atoms with Crippen molar-refractivity contribution in [3.63, 3.8) is 0 Å². The Morgan fingerprint density at radius 2 is 2.10 bits per heavy atom. The number of nitrogens with one attached hydrogen (secondary N) is 1. The van der Waals surface area contributed by atoms with Crippen LogP contribution in [0.5, 0.6) is 0 Å². The number of amides is 1. The van der Waals surface area contributed by atoms with Gasteiger partial charge in [0.25, 0.3) is 11.5 Å². The molecule has 0 aliphatic carbocycles. The normalized spacial score (nSPS) is 13.0. The molecule has 1 amide bonds. The molecule has 0 saturated heterocycles. The van der Waals surface area contributed by atoms with E-state index in [-0.39, 0.29) is 17.2 Å². The number of hydrogen-bond donors (Lipinski definition) is 1. The van der Waals surface area contributed by atoms with E-state index < -0.39 is 23.6 Å². The first-order chi connectivity index (χ1) is 9.77. The highest BCUT2D eigenvalue weighted by molar-refractivity contribution is 6.31. The Morgan fingerprint density at radius 3 is 2.57 bits per heavy atom. The fraction of sp³-hybridized carbons (Fsp3) is 0.200. The Labute approximate surface area is 119 Å². The van der Waals surface area contributed by atoms with Crippen LogP contribution in [-0.4, -0.2) is 26.7 Å². The van der Waals surface area contributed by atoms with Crippen LogP contribution in [0.1, 0.15) is 5.89 Å². The third-order valence-corrected chi connectivity index (χ3v) is 2.33. The standard InChI is InChI=1S/C10H5ClF4N4O2/c11-6(12)8(20)17-4-1-2-5(16-3-4)7-18-9(21-19-7)10(13,14)15/h1-3,6H,(H,17,20). The SMILES string of the molecule is O=C(Nc1ccc(-c2noc(C(F)(F)F)n2)nc1)C(F)Cl. The summed E-state index contributed by atoms with van der Waals surface area (Å²) in [6.45, 7) is 0. The second kappa shape index (κ2) is 5.64. The van der Waals surface area contributed by atoms with Crippen LogP contribution in [0.4, 0.5) is 23.2 Å². The van der Waals surface area contributed by atoms with E-state index in [1.54, 1.807) is 0 Å². The molecule has 0 radical (unpaired) electrons. The van der Waals surface area contributed by atoms with Gasteiger partial charge in [-0.1, -0.05) is 16.8 Å². The summed E-state index contributed by atoms with van der Waals surface area (Å²) < 4.78 is 53.3. The van der Waals surface area contributed by atoms with Crippen molar-refractivity contribution in [2.24, 2.45) is 0 Å². The van der Waals surface area contributed by atoms with Crippen molar-refractivity contribution < 1.29 is 26.9 Å². The molecule has 0 fully saturated rings. The van der Waals surface area contributed by atoms with E-state index in [0.717, 1.165) is 6.20 Å². The number of carbonyl (C=O) groups is 1. The summed E-state index contributed by atoms with van der Waals surface area (Å²) in [5, 5.41) is 5.23. The Morgan fingerprint density at radius 1 is 1.38 bits per heavy atom. The van der Waals surface area contributed by atoms with E-state index in [4.69, 9.17) is 11.6 Å². The maximum Gasteiger partial charge on any atom is 0.471 e. The van der Waals surface area contributed by atoms with E-state index in [2.05, 4.69) is 25.0 Å². The van der Waals surface area contributed by atoms with Crippen molar-refractivity contribution in [1.82, 2.24) is 15.1 Å². The maximum absolute atomic E-state index is 12.4. The number of aromatic nitrogens is 3. The third-order valence-electron chi connectivity index (χ3n) is 2.13. The minimum absolute atomic E-state index is 0.0186. The zero-order chi connectivity index (χ0) is 15.6. The molecule has 0 saturated carbocycles. The first-order valence-corrected chi connectivity index (χ1v) is 5.67. The molecule has 1 unspecified atom stereocenters. The summed E-state index contributed by atoms with van der Waals surface area (Å²) in [6, 6.07) is 2.49. The van der Waals surface area contributed by atoms with Gasteiger partial charge in [0.2, 0.25) is 5.82 Å². The van der Waals surface area contributed by atoms with Crippen molar-refractivity contribution in [3.05, 3.63) is 24.2 Å². The van der Waals surface area contributed by atoms with Gasteiger partial charge in [-0.25, -0.2) is 4.39 Å². The van der Waals surface area contributed by atoms with Crippen molar-refractivity contribution in [1.29, 1.82) is 0 Å². The molecule has 1 atom stereocenters. The van der Waals surface area contributed by atoms with E-state index in [1.807, 2.05) is 0 Å². The van der Waals surface area contributed by atoms with Gasteiger partial charge in [-0.3, -0.25) is 9.78 Å². The summed E-state index contributed by atoms with van der Waals surface area (Å²) in [5.41, 5.74) is -2.14. The molecule has 2 rings (SSSR count). The highest BCUT2D eigenvalue weighted by Gasteiger charge is 2.38. The number of hydrogen-bond acceptors (Lipinski definition) is 5. The number of alkyl halides is 5. The fourth-order valence-corrected chi connectivity index (χ4v) is 1.29. The summed E-state index contributed by atoms with van der Waals surface area (Å²) in [5.74, 6) is -2.97. The van der Waals surface area contributed by atoms with Gasteiger partial charge in [0, 0.05) is 0 Å². The molecule has 0 bridgehead atoms. The van der Waals surface area contributed by atoms with Gasteiger partial charge in [0.05, 0.1) is 11.9 Å². The lowest BCUT2D eigenvalue weighted by molar-refractivity contribution is -0.159. The smallest absolute Gasteiger partial charge is 0.329 e. The number of halogens is 5. The van der Waals surface area contributed by atoms with Gasteiger partial charge in [-0.2, -0.15) is 18.2 Å². The highest BCUT2D eigenvalue weighted by atomic mass is 35.5. The van der Waals surface area contributed by atoms with Crippen LogP contribution in [0.15, 0.2) is 22.9 Å². The topological polar surface area (TPSA) is 80.9 Å². The van der Waals surface area contributed by atoms with E-state index in [1.165, 1.54) is 12.1 Å². The highest BCUT2D eigenvalue weighted by Crippen LogP contribution is 2.29. The van der Waals surface area contributed by atoms with Gasteiger partial charge in [0.15, 0.2) is 0 Å². The summed E-state index contributed by atoms with van der Waals surface area (Å²) in [4.78, 5) is 17.8. The van der Waals surface area contributed by atoms with Gasteiger partial charge >= 0.3 is 12.1 Å². The quantitative estimate of drug-likeness (QED) is 0.693. The molecule has 112 valence electrons. The van der Waals surface area contributed by atoms with Crippen LogP contribution in [0.25, 0.3) is 11.5 Å². The molecule has 0 aliphatic heterocycles. The lowest BCUT2D eigenvalue weighted by Crippen LogP contribution is -2.19. The second-order valence-electron chi connectivity index (χ2n) is 3.64. The van der Waals surface area contributed by atoms with Crippen LogP contribution < -0.4 is 5.32 Å². The van der Waals surface area contributed by atoms with Crippen LogP contribution >= 0.6 is 11.6 Å². The Kier molecular flexibility index (Phi) is 4.07. The molecule has 2 heterocycles. The monoisotopic (exact) mass is 324 g/mol. The first-order valence-electron chi connectivity index (χ1n) is 5.23. The molecule has 21 heavy (non-hydrogen) atoms. The minimum atomic E-state index is -4.75. The average Bonchev–Trinajstić information content (AvgIpc) is 2.89. The number of carbonyl (C=O) groups excluding carboxylic acids is 1. The van der Waals surface area contributed by atoms with Crippen molar-refractivity contribution in [2.45, 2.75) is 11.8 Å². The van der Waals surface area contributed by atoms with E-state index in [9.17, 15) is 22.4 Å². The maximum atomic E-state index is 12.4. The van der Waals surface area contributed by atoms with Crippen LogP contribution in [0, 0.1) is 0 Å². The Hall–Kier alpha value is -2.23. The average molecular weight is 325 g/mol. The molecule has 2 aromatic rings. The third kappa shape index (κ3) is 3.66. The number of pyridine rings is 1. The second-order valence-corrected chi connectivity index (χ2v) is 4.03. The molecule has 11 heteroatoms. The summed E-state index contributed by atoms with van der Waals surface area (Å²) in [6.07, 6.45) is -3.67. The molecule has 0 spiro atoms. The molecule has 0 aromatic carbocycles. The van der Waals surface area contributed by atoms with E-state index in [0.29, 0.717) is 0 Å². The van der Waals surface area contributed by atoms with Crippen molar-refractivity contribution in [3.8, 4) is 11.5 Å². The predicted molar refractivity (Wildman–Crippen MR) is 61.9 cm³/mol. The van der Waals surface area contributed by atoms with Gasteiger partial charge < -0.3 is 9.84 Å². The Balaban J connectivity index is 2.16. The van der Waals surface area contributed by atoms with Crippen LogP contribution in [0.2, 0.25) is 0 Å². The molecule has 2 aromatic heterocycles. The van der Waals surface area contributed by atoms with E-state index >= 15 is 0 Å². The predicted octanol–water partition coefficient (Wildman–Crippen LogP) is 2.62.